The van der Waals surface area contributed by atoms with Crippen molar-refractivity contribution in [2.24, 2.45) is 0 Å². The van der Waals surface area contributed by atoms with Gasteiger partial charge in [0.15, 0.2) is 0 Å². The van der Waals surface area contributed by atoms with E-state index in [-0.39, 0.29) is 23.6 Å². The zero-order valence-corrected chi connectivity index (χ0v) is 13.0. The topological polar surface area (TPSA) is 49.8 Å². The highest BCUT2D eigenvalue weighted by atomic mass is 35.5. The van der Waals surface area contributed by atoms with E-state index in [2.05, 4.69) is 0 Å². The zero-order chi connectivity index (χ0) is 15.6. The Morgan fingerprint density at radius 3 is 2.90 bits per heavy atom. The van der Waals surface area contributed by atoms with Gasteiger partial charge in [-0.05, 0) is 24.6 Å². The Morgan fingerprint density at radius 2 is 2.24 bits per heavy atom. The van der Waals surface area contributed by atoms with Crippen LogP contribution in [0.15, 0.2) is 12.1 Å². The molecule has 21 heavy (non-hydrogen) atoms. The summed E-state index contributed by atoms with van der Waals surface area (Å²) in [5, 5.41) is 9.22. The Labute approximate surface area is 132 Å². The normalized spacial score (nSPS) is 21.2. The van der Waals surface area contributed by atoms with Crippen LogP contribution in [-0.4, -0.2) is 41.8 Å². The zero-order valence-electron chi connectivity index (χ0n) is 11.5. The number of aliphatic carboxylic acids is 1. The van der Waals surface area contributed by atoms with Crippen LogP contribution in [0, 0.1) is 5.82 Å². The molecule has 0 spiro atoms. The first-order valence-electron chi connectivity index (χ1n) is 6.60. The third-order valence-electron chi connectivity index (χ3n) is 3.61. The van der Waals surface area contributed by atoms with Crippen molar-refractivity contribution in [1.29, 1.82) is 0 Å². The molecule has 1 N–H and O–H groups in total. The van der Waals surface area contributed by atoms with Crippen molar-refractivity contribution in [3.05, 3.63) is 33.6 Å². The van der Waals surface area contributed by atoms with Crippen molar-refractivity contribution in [3.63, 3.8) is 0 Å². The highest BCUT2D eigenvalue weighted by molar-refractivity contribution is 6.35. The minimum Gasteiger partial charge on any atom is -0.481 e. The van der Waals surface area contributed by atoms with Gasteiger partial charge in [0, 0.05) is 24.2 Å². The fourth-order valence-corrected chi connectivity index (χ4v) is 3.01. The van der Waals surface area contributed by atoms with Crippen molar-refractivity contribution < 1.29 is 19.0 Å². The number of carboxylic acid groups (broad SMARTS) is 1. The molecule has 1 aliphatic heterocycles. The fraction of sp³-hybridized carbons (Fsp3) is 0.500. The Hall–Kier alpha value is -0.880. The molecule has 1 saturated heterocycles. The molecular formula is C14H16Cl2FNO3. The lowest BCUT2D eigenvalue weighted by Crippen LogP contribution is -2.44. The van der Waals surface area contributed by atoms with E-state index in [4.69, 9.17) is 33.0 Å². The second kappa shape index (κ2) is 6.92. The van der Waals surface area contributed by atoms with Gasteiger partial charge in [0.1, 0.15) is 5.82 Å². The van der Waals surface area contributed by atoms with Gasteiger partial charge >= 0.3 is 5.97 Å². The van der Waals surface area contributed by atoms with Crippen LogP contribution < -0.4 is 0 Å². The van der Waals surface area contributed by atoms with E-state index in [9.17, 15) is 9.18 Å². The molecule has 2 unspecified atom stereocenters. The van der Waals surface area contributed by atoms with Crippen molar-refractivity contribution >= 4 is 29.2 Å². The molecule has 0 aromatic heterocycles. The maximum Gasteiger partial charge on any atom is 0.306 e. The molecule has 2 rings (SSSR count). The average molecular weight is 336 g/mol. The summed E-state index contributed by atoms with van der Waals surface area (Å²) in [5.41, 5.74) is 0.634. The lowest BCUT2D eigenvalue weighted by Gasteiger charge is -2.36. The van der Waals surface area contributed by atoms with Crippen LogP contribution in [0.2, 0.25) is 10.0 Å². The Morgan fingerprint density at radius 1 is 1.52 bits per heavy atom. The van der Waals surface area contributed by atoms with E-state index in [1.54, 1.807) is 0 Å². The number of hydrogen-bond donors (Lipinski definition) is 1. The lowest BCUT2D eigenvalue weighted by molar-refractivity contribution is -0.142. The first kappa shape index (κ1) is 16.5. The second-order valence-electron chi connectivity index (χ2n) is 5.05. The predicted molar refractivity (Wildman–Crippen MR) is 78.4 cm³/mol. The summed E-state index contributed by atoms with van der Waals surface area (Å²) in [6, 6.07) is 2.57. The van der Waals surface area contributed by atoms with E-state index in [1.807, 2.05) is 11.8 Å². The molecule has 0 saturated carbocycles. The SMILES string of the molecule is CC(c1cc(F)c(Cl)cc1Cl)N1CCOC(CC(=O)O)C1. The summed E-state index contributed by atoms with van der Waals surface area (Å²) in [6.07, 6.45) is -0.416. The van der Waals surface area contributed by atoms with E-state index in [1.165, 1.54) is 12.1 Å². The molecule has 2 atom stereocenters. The molecule has 1 aromatic rings. The van der Waals surface area contributed by atoms with Crippen LogP contribution in [-0.2, 0) is 9.53 Å². The van der Waals surface area contributed by atoms with Crippen LogP contribution >= 0.6 is 23.2 Å². The molecule has 116 valence electrons. The van der Waals surface area contributed by atoms with Gasteiger partial charge in [-0.15, -0.1) is 0 Å². The summed E-state index contributed by atoms with van der Waals surface area (Å²) in [4.78, 5) is 12.8. The lowest BCUT2D eigenvalue weighted by atomic mass is 10.0. The van der Waals surface area contributed by atoms with Crippen molar-refractivity contribution in [3.8, 4) is 0 Å². The Balaban J connectivity index is 2.14. The monoisotopic (exact) mass is 335 g/mol. The van der Waals surface area contributed by atoms with Crippen molar-refractivity contribution in [2.45, 2.75) is 25.5 Å². The molecule has 0 radical (unpaired) electrons. The van der Waals surface area contributed by atoms with Crippen molar-refractivity contribution in [2.75, 3.05) is 19.7 Å². The minimum atomic E-state index is -0.898. The number of carbonyl (C=O) groups is 1. The van der Waals surface area contributed by atoms with Gasteiger partial charge in [-0.2, -0.15) is 0 Å². The highest BCUT2D eigenvalue weighted by Crippen LogP contribution is 2.32. The number of halogens is 3. The van der Waals surface area contributed by atoms with Gasteiger partial charge in [-0.3, -0.25) is 9.69 Å². The van der Waals surface area contributed by atoms with Gasteiger partial charge in [0.2, 0.25) is 0 Å². The maximum atomic E-state index is 13.6. The summed E-state index contributed by atoms with van der Waals surface area (Å²) < 4.78 is 19.1. The maximum absolute atomic E-state index is 13.6. The summed E-state index contributed by atoms with van der Waals surface area (Å²) in [6.45, 7) is 3.44. The van der Waals surface area contributed by atoms with E-state index in [0.29, 0.717) is 30.3 Å². The average Bonchev–Trinajstić information content (AvgIpc) is 2.41. The standard InChI is InChI=1S/C14H16Cl2FNO3/c1-8(10-5-13(17)12(16)6-11(10)15)18-2-3-21-9(7-18)4-14(19)20/h5-6,8-9H,2-4,7H2,1H3,(H,19,20). The molecule has 1 aromatic carbocycles. The van der Waals surface area contributed by atoms with E-state index in [0.717, 1.165) is 0 Å². The summed E-state index contributed by atoms with van der Waals surface area (Å²) >= 11 is 11.8. The number of benzene rings is 1. The number of nitrogens with zero attached hydrogens (tertiary/aromatic N) is 1. The predicted octanol–water partition coefficient (Wildman–Crippen LogP) is 3.37. The molecule has 0 aliphatic carbocycles. The number of carboxylic acids is 1. The molecule has 0 bridgehead atoms. The van der Waals surface area contributed by atoms with Gasteiger partial charge in [-0.1, -0.05) is 23.2 Å². The molecule has 0 amide bonds. The number of rotatable bonds is 4. The van der Waals surface area contributed by atoms with Crippen LogP contribution in [0.25, 0.3) is 0 Å². The number of morpholine rings is 1. The van der Waals surface area contributed by atoms with Crippen LogP contribution in [0.1, 0.15) is 24.9 Å². The largest absolute Gasteiger partial charge is 0.481 e. The quantitative estimate of drug-likeness (QED) is 0.857. The van der Waals surface area contributed by atoms with Gasteiger partial charge in [0.25, 0.3) is 0 Å². The Kier molecular flexibility index (Phi) is 5.43. The van der Waals surface area contributed by atoms with Crippen LogP contribution in [0.5, 0.6) is 0 Å². The molecular weight excluding hydrogens is 320 g/mol. The third-order valence-corrected chi connectivity index (χ3v) is 4.23. The van der Waals surface area contributed by atoms with Crippen LogP contribution in [0.3, 0.4) is 0 Å². The number of ether oxygens (including phenoxy) is 1. The Bertz CT molecular complexity index is 541. The fourth-order valence-electron chi connectivity index (χ4n) is 2.47. The molecule has 4 nitrogen and oxygen atoms in total. The molecule has 7 heteroatoms. The van der Waals surface area contributed by atoms with Gasteiger partial charge in [-0.25, -0.2) is 4.39 Å². The molecule has 1 heterocycles. The molecule has 1 aliphatic rings. The van der Waals surface area contributed by atoms with Gasteiger partial charge in [0.05, 0.1) is 24.2 Å². The summed E-state index contributed by atoms with van der Waals surface area (Å²) in [5.74, 6) is -1.41. The third kappa shape index (κ3) is 4.07. The first-order chi connectivity index (χ1) is 9.88. The smallest absolute Gasteiger partial charge is 0.306 e. The first-order valence-corrected chi connectivity index (χ1v) is 7.36. The number of hydrogen-bond acceptors (Lipinski definition) is 3. The van der Waals surface area contributed by atoms with E-state index < -0.39 is 11.8 Å². The van der Waals surface area contributed by atoms with Gasteiger partial charge < -0.3 is 9.84 Å². The summed E-state index contributed by atoms with van der Waals surface area (Å²) in [7, 11) is 0. The van der Waals surface area contributed by atoms with E-state index >= 15 is 0 Å². The minimum absolute atomic E-state index is 0.0123. The van der Waals surface area contributed by atoms with Crippen molar-refractivity contribution in [1.82, 2.24) is 4.90 Å². The van der Waals surface area contributed by atoms with Crippen LogP contribution in [0.4, 0.5) is 4.39 Å². The molecule has 1 fully saturated rings. The highest BCUT2D eigenvalue weighted by Gasteiger charge is 2.27. The second-order valence-corrected chi connectivity index (χ2v) is 5.86.